The number of halogens is 1. The van der Waals surface area contributed by atoms with Crippen LogP contribution in [0.4, 0.5) is 0 Å². The van der Waals surface area contributed by atoms with Gasteiger partial charge >= 0.3 is 0 Å². The fourth-order valence-corrected chi connectivity index (χ4v) is 2.28. The van der Waals surface area contributed by atoms with E-state index in [1.54, 1.807) is 0 Å². The van der Waals surface area contributed by atoms with Crippen LogP contribution in [0.5, 0.6) is 11.5 Å². The van der Waals surface area contributed by atoms with E-state index < -0.39 is 0 Å². The zero-order valence-electron chi connectivity index (χ0n) is 9.09. The Bertz CT molecular complexity index is 395. The van der Waals surface area contributed by atoms with E-state index in [1.807, 2.05) is 13.0 Å². The second-order valence-corrected chi connectivity index (χ2v) is 4.52. The number of hydrogen-bond acceptors (Lipinski definition) is 4. The summed E-state index contributed by atoms with van der Waals surface area (Å²) < 4.78 is 12.2. The first-order valence-corrected chi connectivity index (χ1v) is 5.92. The van der Waals surface area contributed by atoms with Crippen molar-refractivity contribution in [1.29, 1.82) is 0 Å². The molecule has 1 aromatic rings. The minimum absolute atomic E-state index is 0.362. The molecule has 0 fully saturated rings. The van der Waals surface area contributed by atoms with E-state index in [1.165, 1.54) is 0 Å². The summed E-state index contributed by atoms with van der Waals surface area (Å²) in [5.74, 6) is 6.66. The normalized spacial score (nSPS) is 14.7. The van der Waals surface area contributed by atoms with Gasteiger partial charge in [0.1, 0.15) is 0 Å². The van der Waals surface area contributed by atoms with E-state index in [2.05, 4.69) is 20.8 Å². The molecule has 0 atom stereocenters. The lowest BCUT2D eigenvalue weighted by atomic mass is 10.1. The zero-order chi connectivity index (χ0) is 11.5. The summed E-state index contributed by atoms with van der Waals surface area (Å²) in [6.07, 6.45) is 0.892. The van der Waals surface area contributed by atoms with E-state index >= 15 is 0 Å². The van der Waals surface area contributed by atoms with E-state index in [9.17, 15) is 0 Å². The lowest BCUT2D eigenvalue weighted by Crippen LogP contribution is -2.03. The van der Waals surface area contributed by atoms with Crippen LogP contribution < -0.4 is 15.4 Å². The molecule has 5 heteroatoms. The molecular weight excluding hydrogens is 274 g/mol. The molecule has 16 heavy (non-hydrogen) atoms. The van der Waals surface area contributed by atoms with Crippen molar-refractivity contribution in [1.82, 2.24) is 0 Å². The van der Waals surface area contributed by atoms with Gasteiger partial charge in [0.25, 0.3) is 0 Å². The summed E-state index contributed by atoms with van der Waals surface area (Å²) in [5.41, 5.74) is 2.02. The Morgan fingerprint density at radius 3 is 2.75 bits per heavy atom. The average Bonchev–Trinajstić information content (AvgIpc) is 2.51. The van der Waals surface area contributed by atoms with Crippen LogP contribution in [0.3, 0.4) is 0 Å². The number of rotatable bonds is 2. The molecule has 0 bridgehead atoms. The number of benzene rings is 1. The summed E-state index contributed by atoms with van der Waals surface area (Å²) in [5, 5.41) is 0. The molecule has 0 radical (unpaired) electrons. The Labute approximate surface area is 103 Å². The van der Waals surface area contributed by atoms with Crippen molar-refractivity contribution in [3.05, 3.63) is 21.7 Å². The zero-order valence-corrected chi connectivity index (χ0v) is 10.7. The topological polar surface area (TPSA) is 53.7 Å². The van der Waals surface area contributed by atoms with Gasteiger partial charge in [-0.2, -0.15) is 0 Å². The molecular formula is C11H14BrNO3. The van der Waals surface area contributed by atoms with E-state index in [0.29, 0.717) is 19.8 Å². The summed E-state index contributed by atoms with van der Waals surface area (Å²) in [7, 11) is 0. The summed E-state index contributed by atoms with van der Waals surface area (Å²) in [6, 6.07) is 1.95. The predicted molar refractivity (Wildman–Crippen MR) is 63.5 cm³/mol. The van der Waals surface area contributed by atoms with Crippen molar-refractivity contribution in [2.24, 2.45) is 5.90 Å². The predicted octanol–water partition coefficient (Wildman–Crippen LogP) is 2.31. The van der Waals surface area contributed by atoms with Crippen molar-refractivity contribution in [3.8, 4) is 11.5 Å². The second kappa shape index (κ2) is 5.03. The van der Waals surface area contributed by atoms with E-state index in [4.69, 9.17) is 15.4 Å². The van der Waals surface area contributed by atoms with Gasteiger partial charge in [-0.05, 0) is 34.5 Å². The Hall–Kier alpha value is -0.780. The van der Waals surface area contributed by atoms with Gasteiger partial charge in [0.15, 0.2) is 11.5 Å². The molecule has 0 amide bonds. The highest BCUT2D eigenvalue weighted by atomic mass is 79.9. The fourth-order valence-electron chi connectivity index (χ4n) is 1.71. The molecule has 1 aromatic carbocycles. The maximum absolute atomic E-state index is 5.70. The fraction of sp³-hybridized carbons (Fsp3) is 0.455. The first-order valence-electron chi connectivity index (χ1n) is 5.13. The molecule has 1 heterocycles. The van der Waals surface area contributed by atoms with E-state index in [-0.39, 0.29) is 0 Å². The molecule has 0 saturated heterocycles. The SMILES string of the molecule is Cc1c(CON)cc(Br)c2c1OCCCO2. The molecule has 0 unspecified atom stereocenters. The third-order valence-electron chi connectivity index (χ3n) is 2.57. The second-order valence-electron chi connectivity index (χ2n) is 3.66. The van der Waals surface area contributed by atoms with Crippen LogP contribution >= 0.6 is 15.9 Å². The first-order chi connectivity index (χ1) is 7.74. The number of nitrogens with two attached hydrogens (primary N) is 1. The standard InChI is InChI=1S/C11H14BrNO3/c1-7-8(6-16-13)5-9(12)11-10(7)14-3-2-4-15-11/h5H,2-4,6,13H2,1H3. The molecule has 0 aliphatic carbocycles. The largest absolute Gasteiger partial charge is 0.489 e. The Morgan fingerprint density at radius 2 is 2.06 bits per heavy atom. The lowest BCUT2D eigenvalue weighted by molar-refractivity contribution is 0.123. The van der Waals surface area contributed by atoms with Crippen LogP contribution in [-0.2, 0) is 11.4 Å². The van der Waals surface area contributed by atoms with Gasteiger partial charge in [-0.25, -0.2) is 5.90 Å². The molecule has 0 saturated carbocycles. The number of hydrogen-bond donors (Lipinski definition) is 1. The maximum atomic E-state index is 5.70. The van der Waals surface area contributed by atoms with Gasteiger partial charge in [0, 0.05) is 12.0 Å². The highest BCUT2D eigenvalue weighted by molar-refractivity contribution is 9.10. The molecule has 88 valence electrons. The summed E-state index contributed by atoms with van der Waals surface area (Å²) >= 11 is 3.47. The molecule has 0 spiro atoms. The number of ether oxygens (including phenoxy) is 2. The van der Waals surface area contributed by atoms with Crippen LogP contribution in [0.15, 0.2) is 10.5 Å². The molecule has 2 rings (SSSR count). The minimum Gasteiger partial charge on any atom is -0.489 e. The Morgan fingerprint density at radius 1 is 1.38 bits per heavy atom. The molecule has 1 aliphatic heterocycles. The third-order valence-corrected chi connectivity index (χ3v) is 3.16. The lowest BCUT2D eigenvalue weighted by Gasteiger charge is -2.15. The summed E-state index contributed by atoms with van der Waals surface area (Å²) in [4.78, 5) is 4.67. The van der Waals surface area contributed by atoms with Gasteiger partial charge in [-0.1, -0.05) is 0 Å². The van der Waals surface area contributed by atoms with Crippen LogP contribution in [0.25, 0.3) is 0 Å². The smallest absolute Gasteiger partial charge is 0.175 e. The van der Waals surface area contributed by atoms with Gasteiger partial charge in [0.2, 0.25) is 0 Å². The quantitative estimate of drug-likeness (QED) is 0.848. The number of fused-ring (bicyclic) bond motifs is 1. The monoisotopic (exact) mass is 287 g/mol. The highest BCUT2D eigenvalue weighted by Crippen LogP contribution is 2.41. The van der Waals surface area contributed by atoms with Crippen LogP contribution in [0, 0.1) is 6.92 Å². The maximum Gasteiger partial charge on any atom is 0.175 e. The molecule has 2 N–H and O–H groups in total. The molecule has 1 aliphatic rings. The average molecular weight is 288 g/mol. The van der Waals surface area contributed by atoms with Crippen molar-refractivity contribution < 1.29 is 14.3 Å². The Balaban J connectivity index is 2.47. The third kappa shape index (κ3) is 2.16. The first kappa shape index (κ1) is 11.7. The summed E-state index contributed by atoms with van der Waals surface area (Å²) in [6.45, 7) is 3.69. The van der Waals surface area contributed by atoms with Crippen molar-refractivity contribution in [2.75, 3.05) is 13.2 Å². The molecule has 4 nitrogen and oxygen atoms in total. The van der Waals surface area contributed by atoms with E-state index in [0.717, 1.165) is 33.5 Å². The minimum atomic E-state index is 0.362. The van der Waals surface area contributed by atoms with Crippen molar-refractivity contribution in [2.45, 2.75) is 20.0 Å². The van der Waals surface area contributed by atoms with Crippen molar-refractivity contribution in [3.63, 3.8) is 0 Å². The Kier molecular flexibility index (Phi) is 3.68. The van der Waals surface area contributed by atoms with Gasteiger partial charge in [-0.15, -0.1) is 0 Å². The molecule has 0 aromatic heterocycles. The van der Waals surface area contributed by atoms with Gasteiger partial charge in [-0.3, -0.25) is 4.84 Å². The van der Waals surface area contributed by atoms with Crippen molar-refractivity contribution >= 4 is 15.9 Å². The van der Waals surface area contributed by atoms with Crippen LogP contribution in [0.1, 0.15) is 17.5 Å². The van der Waals surface area contributed by atoms with Gasteiger partial charge in [0.05, 0.1) is 24.3 Å². The van der Waals surface area contributed by atoms with Crippen LogP contribution in [0.2, 0.25) is 0 Å². The van der Waals surface area contributed by atoms with Crippen LogP contribution in [-0.4, -0.2) is 13.2 Å². The van der Waals surface area contributed by atoms with Gasteiger partial charge < -0.3 is 9.47 Å². The highest BCUT2D eigenvalue weighted by Gasteiger charge is 2.19.